The molecule has 1 aromatic heterocycles. The molecule has 2 aliphatic heterocycles. The minimum absolute atomic E-state index is 0. The van der Waals surface area contributed by atoms with Crippen LogP contribution in [0.25, 0.3) is 0 Å². The highest BCUT2D eigenvalue weighted by Gasteiger charge is 2.36. The highest BCUT2D eigenvalue weighted by atomic mass is 127. The molecule has 3 heterocycles. The first-order chi connectivity index (χ1) is 13.1. The summed E-state index contributed by atoms with van der Waals surface area (Å²) in [5.41, 5.74) is 0. The molecule has 2 N–H and O–H groups in total. The van der Waals surface area contributed by atoms with E-state index in [0.717, 1.165) is 29.7 Å². The summed E-state index contributed by atoms with van der Waals surface area (Å²) in [6, 6.07) is 2.53. The van der Waals surface area contributed by atoms with Gasteiger partial charge >= 0.3 is 0 Å². The number of hydrogen-bond acceptors (Lipinski definition) is 4. The van der Waals surface area contributed by atoms with Gasteiger partial charge in [-0.05, 0) is 52.5 Å². The second-order valence-corrected chi connectivity index (χ2v) is 8.73. The molecule has 2 bridgehead atoms. The lowest BCUT2D eigenvalue weighted by Gasteiger charge is -2.47. The van der Waals surface area contributed by atoms with E-state index in [-0.39, 0.29) is 24.0 Å². The van der Waals surface area contributed by atoms with Gasteiger partial charge in [0.1, 0.15) is 12.4 Å². The zero-order valence-corrected chi connectivity index (χ0v) is 19.9. The van der Waals surface area contributed by atoms with Crippen molar-refractivity contribution in [1.82, 2.24) is 30.3 Å². The average molecular weight is 501 g/mol. The summed E-state index contributed by atoms with van der Waals surface area (Å²) < 4.78 is 2.02. The van der Waals surface area contributed by atoms with Gasteiger partial charge in [0.2, 0.25) is 0 Å². The van der Waals surface area contributed by atoms with Crippen LogP contribution in [0.2, 0.25) is 0 Å². The van der Waals surface area contributed by atoms with E-state index in [2.05, 4.69) is 32.8 Å². The van der Waals surface area contributed by atoms with Crippen molar-refractivity contribution in [3.05, 3.63) is 11.6 Å². The van der Waals surface area contributed by atoms with Crippen LogP contribution in [-0.2, 0) is 13.6 Å². The number of guanidine groups is 1. The van der Waals surface area contributed by atoms with E-state index < -0.39 is 0 Å². The molecule has 3 fully saturated rings. The molecule has 2 atom stereocenters. The van der Waals surface area contributed by atoms with Crippen molar-refractivity contribution < 1.29 is 0 Å². The number of nitrogens with one attached hydrogen (secondary N) is 2. The van der Waals surface area contributed by atoms with Crippen molar-refractivity contribution in [2.45, 2.75) is 95.4 Å². The normalized spacial score (nSPS) is 28.8. The van der Waals surface area contributed by atoms with Gasteiger partial charge < -0.3 is 20.1 Å². The number of piperidine rings is 2. The molecule has 1 aromatic rings. The van der Waals surface area contributed by atoms with Gasteiger partial charge in [-0.1, -0.05) is 19.3 Å². The van der Waals surface area contributed by atoms with Crippen LogP contribution >= 0.6 is 24.0 Å². The first-order valence-electron chi connectivity index (χ1n) is 10.7. The number of aryl methyl sites for hydroxylation is 1. The van der Waals surface area contributed by atoms with Crippen molar-refractivity contribution >= 4 is 29.9 Å². The average Bonchev–Trinajstić information content (AvgIpc) is 3.25. The number of rotatable bonds is 4. The molecule has 28 heavy (non-hydrogen) atoms. The minimum Gasteiger partial charge on any atom is -0.354 e. The molecule has 7 nitrogen and oxygen atoms in total. The first-order valence-corrected chi connectivity index (χ1v) is 10.7. The molecule has 1 aliphatic carbocycles. The third-order valence-electron chi connectivity index (χ3n) is 6.94. The van der Waals surface area contributed by atoms with Crippen molar-refractivity contribution in [3.8, 4) is 0 Å². The Labute approximate surface area is 186 Å². The lowest BCUT2D eigenvalue weighted by molar-refractivity contribution is 0.0526. The predicted octanol–water partition coefficient (Wildman–Crippen LogP) is 2.73. The fourth-order valence-electron chi connectivity index (χ4n) is 5.06. The molecule has 0 radical (unpaired) electrons. The van der Waals surface area contributed by atoms with Gasteiger partial charge in [-0.25, -0.2) is 4.99 Å². The summed E-state index contributed by atoms with van der Waals surface area (Å²) in [4.78, 5) is 7.51. The number of halogens is 1. The molecule has 0 amide bonds. The van der Waals surface area contributed by atoms with E-state index in [9.17, 15) is 0 Å². The smallest absolute Gasteiger partial charge is 0.192 e. The minimum atomic E-state index is 0. The van der Waals surface area contributed by atoms with Crippen LogP contribution in [0.5, 0.6) is 0 Å². The van der Waals surface area contributed by atoms with Gasteiger partial charge in [-0.15, -0.1) is 34.2 Å². The Balaban J connectivity index is 0.00000225. The van der Waals surface area contributed by atoms with Crippen LogP contribution in [0.1, 0.15) is 69.4 Å². The third kappa shape index (κ3) is 4.98. The Hall–Kier alpha value is -0.900. The fourth-order valence-corrected chi connectivity index (χ4v) is 5.06. The van der Waals surface area contributed by atoms with E-state index in [4.69, 9.17) is 4.99 Å². The molecule has 8 heteroatoms. The van der Waals surface area contributed by atoms with E-state index in [1.165, 1.54) is 57.8 Å². The zero-order chi connectivity index (χ0) is 18.8. The summed E-state index contributed by atoms with van der Waals surface area (Å²) in [7, 11) is 4.32. The van der Waals surface area contributed by atoms with E-state index in [1.54, 1.807) is 0 Å². The topological polar surface area (TPSA) is 70.4 Å². The summed E-state index contributed by atoms with van der Waals surface area (Å²) in [5.74, 6) is 2.82. The summed E-state index contributed by atoms with van der Waals surface area (Å²) >= 11 is 0. The highest BCUT2D eigenvalue weighted by Crippen LogP contribution is 2.32. The Morgan fingerprint density at radius 2 is 1.61 bits per heavy atom. The highest BCUT2D eigenvalue weighted by molar-refractivity contribution is 14.0. The number of aliphatic imine (C=N–C) groups is 1. The van der Waals surface area contributed by atoms with Gasteiger partial charge in [0.15, 0.2) is 11.8 Å². The van der Waals surface area contributed by atoms with Crippen molar-refractivity contribution in [2.24, 2.45) is 12.0 Å². The number of hydrogen-bond donors (Lipinski definition) is 2. The van der Waals surface area contributed by atoms with Crippen molar-refractivity contribution in [2.75, 3.05) is 7.05 Å². The van der Waals surface area contributed by atoms with Crippen LogP contribution in [0.4, 0.5) is 0 Å². The largest absolute Gasteiger partial charge is 0.354 e. The van der Waals surface area contributed by atoms with Crippen molar-refractivity contribution in [1.29, 1.82) is 0 Å². The lowest BCUT2D eigenvalue weighted by Crippen LogP contribution is -2.57. The van der Waals surface area contributed by atoms with Crippen molar-refractivity contribution in [3.63, 3.8) is 0 Å². The Kier molecular flexibility index (Phi) is 7.58. The summed E-state index contributed by atoms with van der Waals surface area (Å²) in [6.07, 6.45) is 11.7. The Morgan fingerprint density at radius 1 is 0.964 bits per heavy atom. The van der Waals surface area contributed by atoms with Gasteiger partial charge in [-0.2, -0.15) is 0 Å². The van der Waals surface area contributed by atoms with E-state index >= 15 is 0 Å². The molecule has 3 aliphatic rings. The standard InChI is InChI=1S/C20H35N7.HI/c1-14-24-25-19(26(14)2)13-21-20(22-15-7-4-5-8-15)23-16-11-17-9-6-10-18(12-16)27(17)3;/h15-18H,4-13H2,1-3H3,(H2,21,22,23);1H. The molecule has 4 rings (SSSR count). The first kappa shape index (κ1) is 21.8. The van der Waals surface area contributed by atoms with Gasteiger partial charge in [0.05, 0.1) is 0 Å². The molecular weight excluding hydrogens is 465 g/mol. The maximum Gasteiger partial charge on any atom is 0.192 e. The monoisotopic (exact) mass is 501 g/mol. The third-order valence-corrected chi connectivity index (χ3v) is 6.94. The summed E-state index contributed by atoms with van der Waals surface area (Å²) in [5, 5.41) is 15.9. The Morgan fingerprint density at radius 3 is 2.21 bits per heavy atom. The van der Waals surface area contributed by atoms with E-state index in [1.807, 2.05) is 18.5 Å². The van der Waals surface area contributed by atoms with Crippen LogP contribution in [-0.4, -0.2) is 56.8 Å². The molecular formula is C20H36IN7. The second-order valence-electron chi connectivity index (χ2n) is 8.73. The Bertz CT molecular complexity index is 654. The number of aromatic nitrogens is 3. The number of fused-ring (bicyclic) bond motifs is 2. The fraction of sp³-hybridized carbons (Fsp3) is 0.850. The lowest BCUT2D eigenvalue weighted by atomic mass is 9.82. The maximum atomic E-state index is 4.90. The molecule has 0 spiro atoms. The SMILES string of the molecule is Cc1nnc(CN=C(NC2CCCC2)NC2CC3CCCC(C2)N3C)n1C.I. The van der Waals surface area contributed by atoms with Gasteiger partial charge in [-0.3, -0.25) is 0 Å². The quantitative estimate of drug-likeness (QED) is 0.377. The zero-order valence-electron chi connectivity index (χ0n) is 17.5. The van der Waals surface area contributed by atoms with Crippen LogP contribution in [0.3, 0.4) is 0 Å². The molecule has 2 saturated heterocycles. The van der Waals surface area contributed by atoms with Gasteiger partial charge in [0, 0.05) is 31.2 Å². The summed E-state index contributed by atoms with van der Waals surface area (Å²) in [6.45, 7) is 2.55. The van der Waals surface area contributed by atoms with Crippen LogP contribution < -0.4 is 10.6 Å². The van der Waals surface area contributed by atoms with E-state index in [0.29, 0.717) is 18.6 Å². The molecule has 158 valence electrons. The molecule has 2 unspecified atom stereocenters. The molecule has 0 aromatic carbocycles. The maximum absolute atomic E-state index is 4.90. The van der Waals surface area contributed by atoms with Gasteiger partial charge in [0.25, 0.3) is 0 Å². The predicted molar refractivity (Wildman–Crippen MR) is 123 cm³/mol. The van der Waals surface area contributed by atoms with Crippen LogP contribution in [0, 0.1) is 6.92 Å². The van der Waals surface area contributed by atoms with Crippen LogP contribution in [0.15, 0.2) is 4.99 Å². The number of nitrogens with zero attached hydrogens (tertiary/aromatic N) is 5. The second kappa shape index (κ2) is 9.73. The molecule has 1 saturated carbocycles.